The summed E-state index contributed by atoms with van der Waals surface area (Å²) in [6, 6.07) is 13.6. The summed E-state index contributed by atoms with van der Waals surface area (Å²) >= 11 is 2.04. The quantitative estimate of drug-likeness (QED) is 0.492. The maximum absolute atomic E-state index is 8.36. The zero-order valence-corrected chi connectivity index (χ0v) is 15.7. The molecule has 1 aromatic heterocycles. The Morgan fingerprint density at radius 2 is 1.96 bits per heavy atom. The Hall–Kier alpha value is -2.54. The van der Waals surface area contributed by atoms with Gasteiger partial charge < -0.3 is 9.77 Å². The van der Waals surface area contributed by atoms with Gasteiger partial charge in [-0.2, -0.15) is 11.8 Å². The molecule has 138 valence electrons. The second-order valence-electron chi connectivity index (χ2n) is 5.97. The highest BCUT2D eigenvalue weighted by molar-refractivity contribution is 7.99. The molecule has 0 saturated carbocycles. The van der Waals surface area contributed by atoms with Crippen molar-refractivity contribution in [1.29, 1.82) is 0 Å². The number of rotatable bonds is 6. The van der Waals surface area contributed by atoms with Crippen LogP contribution in [-0.2, 0) is 6.54 Å². The van der Waals surface area contributed by atoms with Crippen molar-refractivity contribution < 1.29 is 10.3 Å². The molecule has 6 nitrogen and oxygen atoms in total. The van der Waals surface area contributed by atoms with Gasteiger partial charge in [-0.1, -0.05) is 42.8 Å². The van der Waals surface area contributed by atoms with E-state index >= 15 is 0 Å². The van der Waals surface area contributed by atoms with Crippen LogP contribution in [0, 0.1) is 17.0 Å². The highest BCUT2D eigenvalue weighted by atomic mass is 32.2. The van der Waals surface area contributed by atoms with Crippen LogP contribution in [0.3, 0.4) is 0 Å². The Balaban J connectivity index is 0.000000552. The van der Waals surface area contributed by atoms with Crippen molar-refractivity contribution in [2.24, 2.45) is 0 Å². The van der Waals surface area contributed by atoms with Crippen LogP contribution in [0.15, 0.2) is 55.1 Å². The lowest BCUT2D eigenvalue weighted by Gasteiger charge is -2.18. The van der Waals surface area contributed by atoms with Crippen LogP contribution in [-0.4, -0.2) is 25.6 Å². The van der Waals surface area contributed by atoms with E-state index in [0.29, 0.717) is 5.25 Å². The molecule has 0 bridgehead atoms. The van der Waals surface area contributed by atoms with Crippen LogP contribution >= 0.6 is 11.8 Å². The minimum atomic E-state index is -1.50. The largest absolute Gasteiger partial charge is 0.336 e. The normalized spacial score (nSPS) is 11.6. The zero-order chi connectivity index (χ0) is 18.9. The Bertz CT molecular complexity index is 833. The van der Waals surface area contributed by atoms with Gasteiger partial charge in [-0.15, -0.1) is 10.1 Å². The number of hydrogen-bond acceptors (Lipinski definition) is 4. The van der Waals surface area contributed by atoms with E-state index in [9.17, 15) is 0 Å². The molecule has 2 aromatic carbocycles. The fraction of sp³-hybridized carbons (Fsp3) is 0.316. The molecule has 1 N–H and O–H groups in total. The van der Waals surface area contributed by atoms with Crippen LogP contribution in [0.1, 0.15) is 29.7 Å². The molecule has 1 heterocycles. The number of thioether (sulfide) groups is 1. The van der Waals surface area contributed by atoms with E-state index in [-0.39, 0.29) is 0 Å². The molecule has 0 spiro atoms. The second kappa shape index (κ2) is 9.82. The highest BCUT2D eigenvalue weighted by Gasteiger charge is 2.13. The summed E-state index contributed by atoms with van der Waals surface area (Å²) in [7, 11) is 0. The number of imidazole rings is 1. The Morgan fingerprint density at radius 3 is 2.62 bits per heavy atom. The molecule has 0 amide bonds. The molecule has 0 aliphatic carbocycles. The van der Waals surface area contributed by atoms with Gasteiger partial charge in [0.1, 0.15) is 0 Å². The van der Waals surface area contributed by atoms with Crippen molar-refractivity contribution in [2.75, 3.05) is 5.75 Å². The predicted octanol–water partition coefficient (Wildman–Crippen LogP) is 4.88. The summed E-state index contributed by atoms with van der Waals surface area (Å²) in [4.78, 5) is 12.5. The molecule has 0 fully saturated rings. The van der Waals surface area contributed by atoms with Gasteiger partial charge in [-0.25, -0.2) is 4.98 Å². The van der Waals surface area contributed by atoms with Crippen molar-refractivity contribution in [3.63, 3.8) is 0 Å². The van der Waals surface area contributed by atoms with Gasteiger partial charge in [0.2, 0.25) is 0 Å². The summed E-state index contributed by atoms with van der Waals surface area (Å²) in [5.74, 6) is 1.19. The minimum absolute atomic E-state index is 0.472. The third-order valence-corrected chi connectivity index (χ3v) is 5.32. The Kier molecular flexibility index (Phi) is 7.47. The fourth-order valence-corrected chi connectivity index (χ4v) is 3.82. The van der Waals surface area contributed by atoms with Gasteiger partial charge >= 0.3 is 0 Å². The van der Waals surface area contributed by atoms with Gasteiger partial charge in [0, 0.05) is 24.2 Å². The fourth-order valence-electron chi connectivity index (χ4n) is 2.68. The van der Waals surface area contributed by atoms with Gasteiger partial charge in [0.05, 0.1) is 6.33 Å². The van der Waals surface area contributed by atoms with E-state index in [1.54, 1.807) is 0 Å². The van der Waals surface area contributed by atoms with Crippen LogP contribution in [0.4, 0.5) is 0 Å². The first-order valence-electron chi connectivity index (χ1n) is 8.40. The number of nitrogens with zero attached hydrogens (tertiary/aromatic N) is 3. The molecular weight excluding hydrogens is 350 g/mol. The minimum Gasteiger partial charge on any atom is -0.336 e. The van der Waals surface area contributed by atoms with Crippen LogP contribution in [0.2, 0.25) is 0 Å². The summed E-state index contributed by atoms with van der Waals surface area (Å²) in [6.45, 7) is 5.36. The van der Waals surface area contributed by atoms with Crippen LogP contribution in [0.25, 0.3) is 10.8 Å². The van der Waals surface area contributed by atoms with Gasteiger partial charge in [-0.05, 0) is 41.5 Å². The monoisotopic (exact) mass is 373 g/mol. The highest BCUT2D eigenvalue weighted by Crippen LogP contribution is 2.33. The standard InChI is InChI=1S/C19H22N2S.HNO3/c1-3-10-22-19(13-21-9-8-20-14-21)18-7-6-16-11-15(2)4-5-17(16)12-18;2-1(3)4/h4-9,11-12,14,19H,3,10,13H2,1-2H3;(H,2,3,4). The first-order valence-corrected chi connectivity index (χ1v) is 9.45. The molecule has 1 atom stereocenters. The van der Waals surface area contributed by atoms with Gasteiger partial charge in [0.25, 0.3) is 5.09 Å². The summed E-state index contributed by atoms with van der Waals surface area (Å²) < 4.78 is 2.17. The predicted molar refractivity (Wildman–Crippen MR) is 105 cm³/mol. The lowest BCUT2D eigenvalue weighted by atomic mass is 10.0. The van der Waals surface area contributed by atoms with Crippen molar-refractivity contribution >= 4 is 22.5 Å². The van der Waals surface area contributed by atoms with E-state index in [1.807, 2.05) is 30.5 Å². The number of fused-ring (bicyclic) bond motifs is 1. The lowest BCUT2D eigenvalue weighted by molar-refractivity contribution is -0.742. The molecule has 1 unspecified atom stereocenters. The zero-order valence-electron chi connectivity index (χ0n) is 14.9. The third-order valence-electron chi connectivity index (χ3n) is 3.85. The van der Waals surface area contributed by atoms with E-state index in [1.165, 1.54) is 34.1 Å². The average molecular weight is 373 g/mol. The first kappa shape index (κ1) is 19.8. The van der Waals surface area contributed by atoms with Gasteiger partial charge in [0.15, 0.2) is 0 Å². The van der Waals surface area contributed by atoms with Crippen LogP contribution in [0.5, 0.6) is 0 Å². The Labute approximate surface area is 157 Å². The van der Waals surface area contributed by atoms with E-state index in [0.717, 1.165) is 6.54 Å². The molecule has 0 radical (unpaired) electrons. The van der Waals surface area contributed by atoms with Crippen molar-refractivity contribution in [3.8, 4) is 0 Å². The van der Waals surface area contributed by atoms with Crippen molar-refractivity contribution in [2.45, 2.75) is 32.1 Å². The number of benzene rings is 2. The molecular formula is C19H23N3O3S. The summed E-state index contributed by atoms with van der Waals surface area (Å²) in [6.07, 6.45) is 7.01. The molecule has 3 aromatic rings. The molecule has 0 aliphatic rings. The number of aromatic nitrogens is 2. The van der Waals surface area contributed by atoms with Crippen molar-refractivity contribution in [1.82, 2.24) is 9.55 Å². The topological polar surface area (TPSA) is 81.2 Å². The average Bonchev–Trinajstić information content (AvgIpc) is 3.11. The molecule has 0 aliphatic heterocycles. The molecule has 7 heteroatoms. The summed E-state index contributed by atoms with van der Waals surface area (Å²) in [5.41, 5.74) is 2.72. The van der Waals surface area contributed by atoms with E-state index in [2.05, 4.69) is 59.8 Å². The summed E-state index contributed by atoms with van der Waals surface area (Å²) in [5, 5.41) is 16.8. The molecule has 0 saturated heterocycles. The maximum atomic E-state index is 8.36. The third kappa shape index (κ3) is 6.07. The Morgan fingerprint density at radius 1 is 1.27 bits per heavy atom. The first-order chi connectivity index (χ1) is 12.5. The van der Waals surface area contributed by atoms with Crippen molar-refractivity contribution in [3.05, 3.63) is 76.4 Å². The van der Waals surface area contributed by atoms with E-state index in [4.69, 9.17) is 15.3 Å². The van der Waals surface area contributed by atoms with E-state index < -0.39 is 5.09 Å². The lowest BCUT2D eigenvalue weighted by Crippen LogP contribution is -2.05. The number of aryl methyl sites for hydroxylation is 1. The smallest absolute Gasteiger partial charge is 0.291 e. The molecule has 3 rings (SSSR count). The molecule has 26 heavy (non-hydrogen) atoms. The number of hydrogen-bond donors (Lipinski definition) is 1. The second-order valence-corrected chi connectivity index (χ2v) is 7.28. The van der Waals surface area contributed by atoms with Gasteiger partial charge in [-0.3, -0.25) is 0 Å². The van der Waals surface area contributed by atoms with Crippen LogP contribution < -0.4 is 0 Å². The maximum Gasteiger partial charge on any atom is 0.291 e. The SMILES string of the molecule is CCCSC(Cn1ccnc1)c1ccc2cc(C)ccc2c1.O=[N+]([O-])O.